The molecule has 0 radical (unpaired) electrons. The van der Waals surface area contributed by atoms with Crippen molar-refractivity contribution in [3.8, 4) is 5.75 Å². The molecule has 0 spiro atoms. The number of nitrogens with two attached hydrogens (primary N) is 1. The Morgan fingerprint density at radius 2 is 1.82 bits per heavy atom. The second kappa shape index (κ2) is 9.42. The van der Waals surface area contributed by atoms with Crippen molar-refractivity contribution in [2.24, 2.45) is 11.7 Å². The first kappa shape index (κ1) is 20.4. The highest BCUT2D eigenvalue weighted by Gasteiger charge is 2.25. The van der Waals surface area contributed by atoms with Crippen molar-refractivity contribution >= 4 is 28.9 Å². The molecule has 0 aliphatic rings. The third kappa shape index (κ3) is 6.03. The van der Waals surface area contributed by atoms with Gasteiger partial charge in [-0.2, -0.15) is 0 Å². The molecule has 0 aromatic heterocycles. The molecule has 7 heteroatoms. The SMILES string of the molecule is Br.COC(=O)[C@H](Cc1ccc(O)cc1)NC(=O)[C@@H](N)C(C)C. The lowest BCUT2D eigenvalue weighted by Crippen LogP contribution is -2.51. The summed E-state index contributed by atoms with van der Waals surface area (Å²) in [5.41, 5.74) is 6.56. The van der Waals surface area contributed by atoms with Crippen LogP contribution in [0.1, 0.15) is 19.4 Å². The first-order valence-corrected chi connectivity index (χ1v) is 6.76. The fourth-order valence-corrected chi connectivity index (χ4v) is 1.77. The molecule has 0 saturated heterocycles. The zero-order valence-electron chi connectivity index (χ0n) is 12.9. The molecule has 22 heavy (non-hydrogen) atoms. The number of carbonyl (C=O) groups excluding carboxylic acids is 2. The van der Waals surface area contributed by atoms with Gasteiger partial charge in [-0.25, -0.2) is 4.79 Å². The molecular formula is C15H23BrN2O4. The molecule has 0 unspecified atom stereocenters. The zero-order valence-corrected chi connectivity index (χ0v) is 14.6. The summed E-state index contributed by atoms with van der Waals surface area (Å²) in [6.07, 6.45) is 0.267. The summed E-state index contributed by atoms with van der Waals surface area (Å²) >= 11 is 0. The third-order valence-electron chi connectivity index (χ3n) is 3.20. The number of ether oxygens (including phenoxy) is 1. The molecule has 0 aliphatic carbocycles. The van der Waals surface area contributed by atoms with E-state index in [1.165, 1.54) is 19.2 Å². The molecule has 6 nitrogen and oxygen atoms in total. The van der Waals surface area contributed by atoms with Gasteiger partial charge in [0.25, 0.3) is 0 Å². The fourth-order valence-electron chi connectivity index (χ4n) is 1.77. The number of benzene rings is 1. The molecule has 0 saturated carbocycles. The van der Waals surface area contributed by atoms with Gasteiger partial charge in [-0.1, -0.05) is 26.0 Å². The van der Waals surface area contributed by atoms with Gasteiger partial charge in [-0.15, -0.1) is 17.0 Å². The molecule has 0 bridgehead atoms. The molecule has 1 amide bonds. The highest BCUT2D eigenvalue weighted by molar-refractivity contribution is 8.93. The minimum Gasteiger partial charge on any atom is -0.508 e. The summed E-state index contributed by atoms with van der Waals surface area (Å²) in [5.74, 6) is -0.817. The average Bonchev–Trinajstić information content (AvgIpc) is 2.46. The van der Waals surface area contributed by atoms with E-state index in [0.29, 0.717) is 0 Å². The third-order valence-corrected chi connectivity index (χ3v) is 3.20. The Morgan fingerprint density at radius 3 is 2.27 bits per heavy atom. The Kier molecular flexibility index (Phi) is 8.74. The number of phenolic OH excluding ortho intramolecular Hbond substituents is 1. The van der Waals surface area contributed by atoms with Gasteiger partial charge < -0.3 is 20.9 Å². The van der Waals surface area contributed by atoms with E-state index in [1.807, 2.05) is 13.8 Å². The summed E-state index contributed by atoms with van der Waals surface area (Å²) in [4.78, 5) is 23.8. The average molecular weight is 375 g/mol. The quantitative estimate of drug-likeness (QED) is 0.648. The topological polar surface area (TPSA) is 102 Å². The number of halogens is 1. The van der Waals surface area contributed by atoms with Crippen LogP contribution in [0.3, 0.4) is 0 Å². The van der Waals surface area contributed by atoms with Gasteiger partial charge in [0.1, 0.15) is 11.8 Å². The minimum absolute atomic E-state index is 0. The van der Waals surface area contributed by atoms with Crippen molar-refractivity contribution in [2.45, 2.75) is 32.4 Å². The standard InChI is InChI=1S/C15H22N2O4.BrH/c1-9(2)13(16)14(19)17-12(15(20)21-3)8-10-4-6-11(18)7-5-10;/h4-7,9,12-13,18H,8,16H2,1-3H3,(H,17,19);1H/t12-,13-;/m0./s1. The Labute approximate surface area is 140 Å². The zero-order chi connectivity index (χ0) is 16.0. The van der Waals surface area contributed by atoms with Gasteiger partial charge in [0, 0.05) is 6.42 Å². The lowest BCUT2D eigenvalue weighted by molar-refractivity contribution is -0.145. The van der Waals surface area contributed by atoms with Gasteiger partial charge in [0.15, 0.2) is 0 Å². The van der Waals surface area contributed by atoms with E-state index in [1.54, 1.807) is 12.1 Å². The first-order chi connectivity index (χ1) is 9.85. The van der Waals surface area contributed by atoms with Gasteiger partial charge in [0.05, 0.1) is 13.2 Å². The summed E-state index contributed by atoms with van der Waals surface area (Å²) in [7, 11) is 1.26. The molecule has 2 atom stereocenters. The molecule has 0 aliphatic heterocycles. The van der Waals surface area contributed by atoms with Crippen LogP contribution in [0.5, 0.6) is 5.75 Å². The molecule has 1 aromatic rings. The van der Waals surface area contributed by atoms with E-state index in [-0.39, 0.29) is 41.0 Å². The van der Waals surface area contributed by atoms with Crippen molar-refractivity contribution < 1.29 is 19.4 Å². The maximum atomic E-state index is 12.0. The predicted molar refractivity (Wildman–Crippen MR) is 88.9 cm³/mol. The lowest BCUT2D eigenvalue weighted by atomic mass is 10.0. The van der Waals surface area contributed by atoms with Crippen molar-refractivity contribution in [3.05, 3.63) is 29.8 Å². The summed E-state index contributed by atoms with van der Waals surface area (Å²) < 4.78 is 4.71. The number of methoxy groups -OCH3 is 1. The van der Waals surface area contributed by atoms with Gasteiger partial charge >= 0.3 is 5.97 Å². The van der Waals surface area contributed by atoms with Crippen LogP contribution in [0, 0.1) is 5.92 Å². The molecule has 124 valence electrons. The summed E-state index contributed by atoms with van der Waals surface area (Å²) in [6.45, 7) is 3.66. The number of aromatic hydroxyl groups is 1. The Hall–Kier alpha value is -1.60. The van der Waals surface area contributed by atoms with E-state index < -0.39 is 18.1 Å². The number of nitrogens with one attached hydrogen (secondary N) is 1. The first-order valence-electron chi connectivity index (χ1n) is 6.76. The van der Waals surface area contributed by atoms with Crippen molar-refractivity contribution in [3.63, 3.8) is 0 Å². The fraction of sp³-hybridized carbons (Fsp3) is 0.467. The molecular weight excluding hydrogens is 352 g/mol. The predicted octanol–water partition coefficient (Wildman–Crippen LogP) is 1.15. The van der Waals surface area contributed by atoms with Crippen LogP contribution in [0.2, 0.25) is 0 Å². The Morgan fingerprint density at radius 1 is 1.27 bits per heavy atom. The van der Waals surface area contributed by atoms with Gasteiger partial charge in [-0.05, 0) is 23.6 Å². The van der Waals surface area contributed by atoms with Crippen LogP contribution in [-0.2, 0) is 20.7 Å². The van der Waals surface area contributed by atoms with E-state index in [0.717, 1.165) is 5.56 Å². The van der Waals surface area contributed by atoms with Gasteiger partial charge in [-0.3, -0.25) is 4.79 Å². The Bertz CT molecular complexity index is 491. The van der Waals surface area contributed by atoms with Crippen molar-refractivity contribution in [2.75, 3.05) is 7.11 Å². The van der Waals surface area contributed by atoms with E-state index >= 15 is 0 Å². The molecule has 4 N–H and O–H groups in total. The largest absolute Gasteiger partial charge is 0.508 e. The molecule has 1 rings (SSSR count). The van der Waals surface area contributed by atoms with Crippen molar-refractivity contribution in [1.82, 2.24) is 5.32 Å². The van der Waals surface area contributed by atoms with Crippen LogP contribution in [0.25, 0.3) is 0 Å². The second-order valence-corrected chi connectivity index (χ2v) is 5.22. The number of carbonyl (C=O) groups is 2. The number of amides is 1. The molecule has 0 fully saturated rings. The van der Waals surface area contributed by atoms with Crippen LogP contribution >= 0.6 is 17.0 Å². The number of esters is 1. The van der Waals surface area contributed by atoms with Crippen molar-refractivity contribution in [1.29, 1.82) is 0 Å². The number of phenols is 1. The van der Waals surface area contributed by atoms with Crippen LogP contribution < -0.4 is 11.1 Å². The van der Waals surface area contributed by atoms with E-state index in [2.05, 4.69) is 5.32 Å². The van der Waals surface area contributed by atoms with E-state index in [4.69, 9.17) is 10.5 Å². The van der Waals surface area contributed by atoms with Crippen LogP contribution in [0.4, 0.5) is 0 Å². The Balaban J connectivity index is 0.00000441. The highest BCUT2D eigenvalue weighted by Crippen LogP contribution is 2.12. The second-order valence-electron chi connectivity index (χ2n) is 5.22. The monoisotopic (exact) mass is 374 g/mol. The highest BCUT2D eigenvalue weighted by atomic mass is 79.9. The number of hydrogen-bond donors (Lipinski definition) is 3. The van der Waals surface area contributed by atoms with Gasteiger partial charge in [0.2, 0.25) is 5.91 Å². The number of rotatable bonds is 6. The maximum Gasteiger partial charge on any atom is 0.328 e. The minimum atomic E-state index is -0.808. The number of hydrogen-bond acceptors (Lipinski definition) is 5. The van der Waals surface area contributed by atoms with Crippen LogP contribution in [-0.4, -0.2) is 36.2 Å². The maximum absolute atomic E-state index is 12.0. The normalized spacial score (nSPS) is 13.0. The summed E-state index contributed by atoms with van der Waals surface area (Å²) in [5, 5.41) is 11.9. The smallest absolute Gasteiger partial charge is 0.328 e. The summed E-state index contributed by atoms with van der Waals surface area (Å²) in [6, 6.07) is 4.91. The molecule has 0 heterocycles. The van der Waals surface area contributed by atoms with Crippen LogP contribution in [0.15, 0.2) is 24.3 Å². The lowest BCUT2D eigenvalue weighted by Gasteiger charge is -2.21. The molecule has 1 aromatic carbocycles. The van der Waals surface area contributed by atoms with E-state index in [9.17, 15) is 14.7 Å².